The summed E-state index contributed by atoms with van der Waals surface area (Å²) in [7, 11) is -4.28. The molecule has 9 heteroatoms. The van der Waals surface area contributed by atoms with Gasteiger partial charge in [0.25, 0.3) is 21.6 Å². The lowest BCUT2D eigenvalue weighted by Gasteiger charge is -2.10. The number of sulfonamides is 1. The number of nitrogens with one attached hydrogen (secondary N) is 2. The van der Waals surface area contributed by atoms with Crippen molar-refractivity contribution in [3.8, 4) is 0 Å². The van der Waals surface area contributed by atoms with Gasteiger partial charge in [0.2, 0.25) is 0 Å². The average molecular weight is 349 g/mol. The van der Waals surface area contributed by atoms with Crippen LogP contribution in [0.3, 0.4) is 0 Å². The van der Waals surface area contributed by atoms with Crippen molar-refractivity contribution in [3.63, 3.8) is 0 Å². The number of aryl methyl sites for hydroxylation is 2. The van der Waals surface area contributed by atoms with E-state index in [9.17, 15) is 23.3 Å². The quantitative estimate of drug-likeness (QED) is 0.630. The zero-order chi connectivity index (χ0) is 17.9. The lowest BCUT2D eigenvalue weighted by molar-refractivity contribution is -0.387. The van der Waals surface area contributed by atoms with Crippen molar-refractivity contribution in [1.82, 2.24) is 10.3 Å². The van der Waals surface area contributed by atoms with Gasteiger partial charge in [-0.2, -0.15) is 0 Å². The second-order valence-electron chi connectivity index (χ2n) is 5.10. The number of carbonyl (C=O) groups is 1. The lowest BCUT2D eigenvalue weighted by atomic mass is 10.1. The van der Waals surface area contributed by atoms with E-state index in [1.54, 1.807) is 25.1 Å². The maximum absolute atomic E-state index is 12.2. The molecule has 2 aromatic rings. The van der Waals surface area contributed by atoms with Crippen LogP contribution in [0.5, 0.6) is 0 Å². The Balaban J connectivity index is 2.22. The van der Waals surface area contributed by atoms with Gasteiger partial charge < -0.3 is 0 Å². The highest BCUT2D eigenvalue weighted by molar-refractivity contribution is 7.89. The topological polar surface area (TPSA) is 118 Å². The molecule has 0 aromatic heterocycles. The SMILES string of the molecule is Cc1ccc(C(=O)NNS(=O)(=O)c2ccccc2[N+](=O)[O-])c(C)c1. The Morgan fingerprint density at radius 3 is 2.42 bits per heavy atom. The molecule has 0 radical (unpaired) electrons. The van der Waals surface area contributed by atoms with Crippen molar-refractivity contribution in [2.75, 3.05) is 0 Å². The Bertz CT molecular complexity index is 909. The van der Waals surface area contributed by atoms with Gasteiger partial charge in [-0.05, 0) is 31.5 Å². The van der Waals surface area contributed by atoms with E-state index in [4.69, 9.17) is 0 Å². The van der Waals surface area contributed by atoms with Crippen molar-refractivity contribution < 1.29 is 18.1 Å². The number of nitrogens with zero attached hydrogens (tertiary/aromatic N) is 1. The van der Waals surface area contributed by atoms with Crippen LogP contribution in [0.4, 0.5) is 5.69 Å². The summed E-state index contributed by atoms with van der Waals surface area (Å²) in [5.74, 6) is -0.658. The fourth-order valence-electron chi connectivity index (χ4n) is 2.14. The second kappa shape index (κ2) is 6.77. The van der Waals surface area contributed by atoms with E-state index >= 15 is 0 Å². The number of benzene rings is 2. The maximum atomic E-state index is 12.2. The molecule has 0 spiro atoms. The molecule has 0 aliphatic carbocycles. The summed E-state index contributed by atoms with van der Waals surface area (Å²) in [5.41, 5.74) is 3.42. The van der Waals surface area contributed by atoms with Crippen molar-refractivity contribution in [1.29, 1.82) is 0 Å². The standard InChI is InChI=1S/C15H15N3O5S/c1-10-7-8-12(11(2)9-10)15(19)16-17-24(22,23)14-6-4-3-5-13(14)18(20)21/h3-9,17H,1-2H3,(H,16,19). The predicted molar refractivity (Wildman–Crippen MR) is 86.8 cm³/mol. The van der Waals surface area contributed by atoms with Gasteiger partial charge in [-0.1, -0.05) is 29.8 Å². The summed E-state index contributed by atoms with van der Waals surface area (Å²) < 4.78 is 24.4. The number of rotatable bonds is 5. The van der Waals surface area contributed by atoms with Crippen LogP contribution in [0, 0.1) is 24.0 Å². The Hall–Kier alpha value is -2.78. The second-order valence-corrected chi connectivity index (χ2v) is 6.75. The van der Waals surface area contributed by atoms with Gasteiger partial charge in [-0.3, -0.25) is 20.3 Å². The maximum Gasteiger partial charge on any atom is 0.289 e. The van der Waals surface area contributed by atoms with Gasteiger partial charge in [-0.25, -0.2) is 8.42 Å². The van der Waals surface area contributed by atoms with E-state index in [1.165, 1.54) is 12.1 Å². The highest BCUT2D eigenvalue weighted by atomic mass is 32.2. The average Bonchev–Trinajstić information content (AvgIpc) is 2.52. The van der Waals surface area contributed by atoms with Crippen LogP contribution >= 0.6 is 0 Å². The first-order valence-electron chi connectivity index (χ1n) is 6.85. The molecule has 2 aromatic carbocycles. The Kier molecular flexibility index (Phi) is 4.96. The van der Waals surface area contributed by atoms with Gasteiger partial charge >= 0.3 is 0 Å². The third-order valence-corrected chi connectivity index (χ3v) is 4.57. The predicted octanol–water partition coefficient (Wildman–Crippen LogP) is 1.83. The summed E-state index contributed by atoms with van der Waals surface area (Å²) in [4.78, 5) is 23.6. The molecule has 126 valence electrons. The van der Waals surface area contributed by atoms with Crippen LogP contribution < -0.4 is 10.3 Å². The van der Waals surface area contributed by atoms with Crippen LogP contribution in [0.15, 0.2) is 47.4 Å². The molecule has 0 unspecified atom stereocenters. The first kappa shape index (κ1) is 17.6. The van der Waals surface area contributed by atoms with Gasteiger partial charge in [0.15, 0.2) is 4.90 Å². The molecule has 0 aliphatic heterocycles. The van der Waals surface area contributed by atoms with Crippen LogP contribution in [0.25, 0.3) is 0 Å². The summed E-state index contributed by atoms with van der Waals surface area (Å²) in [6.07, 6.45) is 0. The number of hydrogen-bond donors (Lipinski definition) is 2. The van der Waals surface area contributed by atoms with E-state index < -0.39 is 31.4 Å². The molecule has 2 N–H and O–H groups in total. The van der Waals surface area contributed by atoms with E-state index in [0.29, 0.717) is 11.1 Å². The molecule has 2 rings (SSSR count). The normalized spacial score (nSPS) is 11.1. The third-order valence-electron chi connectivity index (χ3n) is 3.28. The molecule has 0 heterocycles. The largest absolute Gasteiger partial charge is 0.289 e. The van der Waals surface area contributed by atoms with Crippen LogP contribution in [-0.4, -0.2) is 19.2 Å². The highest BCUT2D eigenvalue weighted by Gasteiger charge is 2.25. The fraction of sp³-hybridized carbons (Fsp3) is 0.133. The summed E-state index contributed by atoms with van der Waals surface area (Å²) in [5, 5.41) is 10.9. The van der Waals surface area contributed by atoms with Crippen LogP contribution in [0.1, 0.15) is 21.5 Å². The molecule has 0 saturated heterocycles. The molecule has 0 aliphatic rings. The monoisotopic (exact) mass is 349 g/mol. The summed E-state index contributed by atoms with van der Waals surface area (Å²) >= 11 is 0. The van der Waals surface area contributed by atoms with E-state index in [0.717, 1.165) is 17.7 Å². The smallest absolute Gasteiger partial charge is 0.273 e. The summed E-state index contributed by atoms with van der Waals surface area (Å²) in [6.45, 7) is 3.59. The van der Waals surface area contributed by atoms with E-state index in [1.807, 2.05) is 11.8 Å². The molecule has 1 amide bonds. The minimum atomic E-state index is -4.28. The molecule has 0 fully saturated rings. The minimum Gasteiger partial charge on any atom is -0.273 e. The molecular weight excluding hydrogens is 334 g/mol. The minimum absolute atomic E-state index is 0.297. The number of para-hydroxylation sites is 1. The van der Waals surface area contributed by atoms with E-state index in [2.05, 4.69) is 5.43 Å². The van der Waals surface area contributed by atoms with Crippen molar-refractivity contribution in [3.05, 3.63) is 69.3 Å². The van der Waals surface area contributed by atoms with Gasteiger partial charge in [0.1, 0.15) is 0 Å². The number of hydrazine groups is 1. The van der Waals surface area contributed by atoms with Gasteiger partial charge in [-0.15, -0.1) is 4.83 Å². The number of hydrogen-bond acceptors (Lipinski definition) is 5. The first-order chi connectivity index (χ1) is 11.2. The summed E-state index contributed by atoms with van der Waals surface area (Å²) in [6, 6.07) is 9.94. The Morgan fingerprint density at radius 1 is 1.12 bits per heavy atom. The van der Waals surface area contributed by atoms with Crippen LogP contribution in [-0.2, 0) is 10.0 Å². The Morgan fingerprint density at radius 2 is 1.79 bits per heavy atom. The van der Waals surface area contributed by atoms with Gasteiger partial charge in [0.05, 0.1) is 4.92 Å². The van der Waals surface area contributed by atoms with Gasteiger partial charge in [0, 0.05) is 11.6 Å². The third kappa shape index (κ3) is 3.76. The Labute approximate surface area is 138 Å². The molecule has 8 nitrogen and oxygen atoms in total. The molecule has 0 saturated carbocycles. The van der Waals surface area contributed by atoms with Crippen molar-refractivity contribution >= 4 is 21.6 Å². The highest BCUT2D eigenvalue weighted by Crippen LogP contribution is 2.22. The number of amides is 1. The molecule has 24 heavy (non-hydrogen) atoms. The molecule has 0 atom stereocenters. The van der Waals surface area contributed by atoms with Crippen molar-refractivity contribution in [2.24, 2.45) is 0 Å². The first-order valence-corrected chi connectivity index (χ1v) is 8.33. The van der Waals surface area contributed by atoms with E-state index in [-0.39, 0.29) is 0 Å². The lowest BCUT2D eigenvalue weighted by Crippen LogP contribution is -2.41. The number of nitro benzene ring substituents is 1. The number of nitro groups is 1. The molecular formula is C15H15N3O5S. The van der Waals surface area contributed by atoms with Crippen molar-refractivity contribution in [2.45, 2.75) is 18.7 Å². The zero-order valence-corrected chi connectivity index (χ0v) is 13.8. The molecule has 0 bridgehead atoms. The van der Waals surface area contributed by atoms with Crippen LogP contribution in [0.2, 0.25) is 0 Å². The fourth-order valence-corrected chi connectivity index (χ4v) is 3.15. The number of carbonyl (C=O) groups excluding carboxylic acids is 1. The zero-order valence-electron chi connectivity index (χ0n) is 12.9.